The first-order valence-corrected chi connectivity index (χ1v) is 10.3. The standard InChI is InChI=1S/C20H24N2O4S/c1-14-12-18(8-9-19(14)26-3)27(24,25)21-15(2)20(23)22-11-10-16-6-4-5-7-17(16)13-22/h4-9,12,15,21H,10-11,13H2,1-3H3/t15-/m0/s1. The molecule has 0 spiro atoms. The number of carbonyl (C=O) groups excluding carboxylic acids is 1. The zero-order chi connectivity index (χ0) is 19.6. The zero-order valence-electron chi connectivity index (χ0n) is 15.7. The van der Waals surface area contributed by atoms with Gasteiger partial charge in [0.25, 0.3) is 0 Å². The average molecular weight is 388 g/mol. The Hall–Kier alpha value is -2.38. The Morgan fingerprint density at radius 1 is 1.19 bits per heavy atom. The van der Waals surface area contributed by atoms with Crippen molar-refractivity contribution in [2.24, 2.45) is 0 Å². The number of ether oxygens (including phenoxy) is 1. The number of benzene rings is 2. The van der Waals surface area contributed by atoms with Crippen LogP contribution < -0.4 is 9.46 Å². The largest absolute Gasteiger partial charge is 0.496 e. The number of methoxy groups -OCH3 is 1. The van der Waals surface area contributed by atoms with Crippen LogP contribution in [0.1, 0.15) is 23.6 Å². The van der Waals surface area contributed by atoms with Crippen LogP contribution in [0, 0.1) is 6.92 Å². The van der Waals surface area contributed by atoms with E-state index in [1.165, 1.54) is 24.8 Å². The fraction of sp³-hybridized carbons (Fsp3) is 0.350. The highest BCUT2D eigenvalue weighted by Gasteiger charge is 2.28. The average Bonchev–Trinajstić information content (AvgIpc) is 2.66. The summed E-state index contributed by atoms with van der Waals surface area (Å²) in [5.41, 5.74) is 3.06. The normalized spacial score (nSPS) is 15.1. The third-order valence-electron chi connectivity index (χ3n) is 4.82. The maximum Gasteiger partial charge on any atom is 0.241 e. The molecule has 6 nitrogen and oxygen atoms in total. The zero-order valence-corrected chi connectivity index (χ0v) is 16.5. The van der Waals surface area contributed by atoms with Gasteiger partial charge in [0.1, 0.15) is 5.75 Å². The summed E-state index contributed by atoms with van der Waals surface area (Å²) in [4.78, 5) is 14.6. The molecule has 0 saturated heterocycles. The molecule has 7 heteroatoms. The predicted octanol–water partition coefficient (Wildman–Crippen LogP) is 2.26. The molecule has 0 saturated carbocycles. The Balaban J connectivity index is 1.71. The maximum atomic E-state index is 12.8. The quantitative estimate of drug-likeness (QED) is 0.852. The number of nitrogens with zero attached hydrogens (tertiary/aromatic N) is 1. The molecule has 0 fully saturated rings. The lowest BCUT2D eigenvalue weighted by Crippen LogP contribution is -2.48. The van der Waals surface area contributed by atoms with Gasteiger partial charge >= 0.3 is 0 Å². The molecular formula is C20H24N2O4S. The third kappa shape index (κ3) is 4.14. The monoisotopic (exact) mass is 388 g/mol. The summed E-state index contributed by atoms with van der Waals surface area (Å²) in [6.45, 7) is 4.45. The topological polar surface area (TPSA) is 75.7 Å². The van der Waals surface area contributed by atoms with Crippen molar-refractivity contribution in [1.82, 2.24) is 9.62 Å². The highest BCUT2D eigenvalue weighted by atomic mass is 32.2. The minimum Gasteiger partial charge on any atom is -0.496 e. The first-order chi connectivity index (χ1) is 12.8. The fourth-order valence-electron chi connectivity index (χ4n) is 3.33. The number of fused-ring (bicyclic) bond motifs is 1. The van der Waals surface area contributed by atoms with Crippen molar-refractivity contribution in [2.45, 2.75) is 37.8 Å². The van der Waals surface area contributed by atoms with E-state index >= 15 is 0 Å². The Morgan fingerprint density at radius 3 is 2.56 bits per heavy atom. The number of hydrogen-bond donors (Lipinski definition) is 1. The fourth-order valence-corrected chi connectivity index (χ4v) is 4.61. The molecule has 3 rings (SSSR count). The van der Waals surface area contributed by atoms with Gasteiger partial charge in [-0.1, -0.05) is 24.3 Å². The van der Waals surface area contributed by atoms with Crippen LogP contribution in [-0.2, 0) is 27.8 Å². The van der Waals surface area contributed by atoms with Crippen molar-refractivity contribution in [3.05, 3.63) is 59.2 Å². The van der Waals surface area contributed by atoms with Gasteiger partial charge in [0.05, 0.1) is 18.0 Å². The van der Waals surface area contributed by atoms with E-state index in [9.17, 15) is 13.2 Å². The smallest absolute Gasteiger partial charge is 0.241 e. The first kappa shape index (κ1) is 19.4. The molecule has 1 amide bonds. The van der Waals surface area contributed by atoms with E-state index in [2.05, 4.69) is 10.8 Å². The summed E-state index contributed by atoms with van der Waals surface area (Å²) in [7, 11) is -2.27. The molecule has 0 aromatic heterocycles. The van der Waals surface area contributed by atoms with Gasteiger partial charge < -0.3 is 9.64 Å². The Morgan fingerprint density at radius 2 is 1.89 bits per heavy atom. The second-order valence-corrected chi connectivity index (χ2v) is 8.47. The van der Waals surface area contributed by atoms with Crippen LogP contribution in [0.15, 0.2) is 47.4 Å². The van der Waals surface area contributed by atoms with Gasteiger partial charge in [-0.2, -0.15) is 4.72 Å². The van der Waals surface area contributed by atoms with E-state index in [-0.39, 0.29) is 10.8 Å². The van der Waals surface area contributed by atoms with E-state index in [1.54, 1.807) is 24.8 Å². The van der Waals surface area contributed by atoms with Gasteiger partial charge in [0.15, 0.2) is 0 Å². The second kappa shape index (κ2) is 7.70. The molecule has 0 unspecified atom stereocenters. The lowest BCUT2D eigenvalue weighted by molar-refractivity contribution is -0.133. The number of amides is 1. The Kier molecular flexibility index (Phi) is 5.53. The molecule has 0 aliphatic carbocycles. The van der Waals surface area contributed by atoms with Crippen molar-refractivity contribution >= 4 is 15.9 Å². The van der Waals surface area contributed by atoms with Gasteiger partial charge in [-0.25, -0.2) is 8.42 Å². The Bertz CT molecular complexity index is 956. The number of rotatable bonds is 5. The van der Waals surface area contributed by atoms with E-state index in [0.717, 1.165) is 12.0 Å². The summed E-state index contributed by atoms with van der Waals surface area (Å²) in [5.74, 6) is 0.392. The van der Waals surface area contributed by atoms with E-state index in [4.69, 9.17) is 4.74 Å². The molecule has 27 heavy (non-hydrogen) atoms. The van der Waals surface area contributed by atoms with Crippen LogP contribution in [0.2, 0.25) is 0 Å². The number of carbonyl (C=O) groups is 1. The van der Waals surface area contributed by atoms with E-state index < -0.39 is 16.1 Å². The highest BCUT2D eigenvalue weighted by Crippen LogP contribution is 2.22. The lowest BCUT2D eigenvalue weighted by atomic mass is 9.99. The summed E-state index contributed by atoms with van der Waals surface area (Å²) < 4.78 is 33.0. The molecule has 2 aromatic carbocycles. The Labute approximate surface area is 160 Å². The summed E-state index contributed by atoms with van der Waals surface area (Å²) in [6, 6.07) is 11.8. The van der Waals surface area contributed by atoms with Gasteiger partial charge in [-0.15, -0.1) is 0 Å². The van der Waals surface area contributed by atoms with Crippen molar-refractivity contribution < 1.29 is 17.9 Å². The highest BCUT2D eigenvalue weighted by molar-refractivity contribution is 7.89. The molecule has 1 N–H and O–H groups in total. The molecule has 0 radical (unpaired) electrons. The summed E-state index contributed by atoms with van der Waals surface area (Å²) in [6.07, 6.45) is 0.777. The van der Waals surface area contributed by atoms with Crippen LogP contribution in [0.4, 0.5) is 0 Å². The van der Waals surface area contributed by atoms with E-state index in [1.807, 2.05) is 18.2 Å². The van der Waals surface area contributed by atoms with Gasteiger partial charge in [-0.05, 0) is 55.2 Å². The van der Waals surface area contributed by atoms with Crippen LogP contribution in [0.5, 0.6) is 5.75 Å². The van der Waals surface area contributed by atoms with Crippen LogP contribution in [-0.4, -0.2) is 38.9 Å². The molecule has 1 aliphatic heterocycles. The third-order valence-corrected chi connectivity index (χ3v) is 6.36. The minimum atomic E-state index is -3.80. The molecule has 144 valence electrons. The number of aryl methyl sites for hydroxylation is 1. The van der Waals surface area contributed by atoms with Crippen molar-refractivity contribution in [1.29, 1.82) is 0 Å². The molecule has 1 aliphatic rings. The summed E-state index contributed by atoms with van der Waals surface area (Å²) >= 11 is 0. The molecular weight excluding hydrogens is 364 g/mol. The lowest BCUT2D eigenvalue weighted by Gasteiger charge is -2.31. The van der Waals surface area contributed by atoms with Crippen molar-refractivity contribution in [2.75, 3.05) is 13.7 Å². The van der Waals surface area contributed by atoms with Crippen LogP contribution in [0.25, 0.3) is 0 Å². The van der Waals surface area contributed by atoms with Crippen molar-refractivity contribution in [3.63, 3.8) is 0 Å². The van der Waals surface area contributed by atoms with Crippen LogP contribution in [0.3, 0.4) is 0 Å². The second-order valence-electron chi connectivity index (χ2n) is 6.75. The molecule has 2 aromatic rings. The van der Waals surface area contributed by atoms with Gasteiger partial charge in [0.2, 0.25) is 15.9 Å². The molecule has 1 atom stereocenters. The van der Waals surface area contributed by atoms with Crippen LogP contribution >= 0.6 is 0 Å². The molecule has 1 heterocycles. The van der Waals surface area contributed by atoms with E-state index in [0.29, 0.717) is 24.4 Å². The minimum absolute atomic E-state index is 0.115. The maximum absolute atomic E-state index is 12.8. The predicted molar refractivity (Wildman–Crippen MR) is 103 cm³/mol. The van der Waals surface area contributed by atoms with Crippen molar-refractivity contribution in [3.8, 4) is 5.75 Å². The number of nitrogens with one attached hydrogen (secondary N) is 1. The first-order valence-electron chi connectivity index (χ1n) is 8.84. The number of hydrogen-bond acceptors (Lipinski definition) is 4. The number of sulfonamides is 1. The summed E-state index contributed by atoms with van der Waals surface area (Å²) in [5, 5.41) is 0. The molecule has 0 bridgehead atoms. The van der Waals surface area contributed by atoms with Gasteiger partial charge in [0, 0.05) is 13.1 Å². The van der Waals surface area contributed by atoms with Gasteiger partial charge in [-0.3, -0.25) is 4.79 Å². The SMILES string of the molecule is COc1ccc(S(=O)(=O)N[C@@H](C)C(=O)N2CCc3ccccc3C2)cc1C.